The molecule has 2 heterocycles. The highest BCUT2D eigenvalue weighted by molar-refractivity contribution is 5.39. The molecule has 0 amide bonds. The quantitative estimate of drug-likeness (QED) is 0.772. The van der Waals surface area contributed by atoms with Crippen LogP contribution in [0.15, 0.2) is 18.6 Å². The largest absolute Gasteiger partial charge is 0.378 e. The summed E-state index contributed by atoms with van der Waals surface area (Å²) in [6.45, 7) is 11.3. The number of likely N-dealkylation sites (N-methyl/N-ethyl adjacent to an activating group) is 1. The molecule has 0 aliphatic carbocycles. The highest BCUT2D eigenvalue weighted by Gasteiger charge is 2.03. The molecule has 0 saturated carbocycles. The number of hydrogen-bond donors (Lipinski definition) is 2. The molecular weight excluding hydrogens is 252 g/mol. The average molecular weight is 276 g/mol. The third-order valence-corrected chi connectivity index (χ3v) is 3.59. The predicted molar refractivity (Wildman–Crippen MR) is 80.7 cm³/mol. The lowest BCUT2D eigenvalue weighted by Crippen LogP contribution is -2.27. The van der Waals surface area contributed by atoms with Crippen LogP contribution in [0.3, 0.4) is 0 Å². The normalized spacial score (nSPS) is 11.2. The van der Waals surface area contributed by atoms with Crippen molar-refractivity contribution >= 4 is 5.69 Å². The van der Waals surface area contributed by atoms with Crippen LogP contribution in [0.5, 0.6) is 0 Å². The molecule has 6 nitrogen and oxygen atoms in total. The lowest BCUT2D eigenvalue weighted by atomic mass is 10.2. The molecule has 2 aromatic heterocycles. The van der Waals surface area contributed by atoms with E-state index in [9.17, 15) is 0 Å². The molecule has 0 unspecified atom stereocenters. The molecule has 0 aliphatic heterocycles. The van der Waals surface area contributed by atoms with Crippen molar-refractivity contribution in [1.82, 2.24) is 24.9 Å². The Morgan fingerprint density at radius 1 is 1.30 bits per heavy atom. The van der Waals surface area contributed by atoms with Gasteiger partial charge >= 0.3 is 0 Å². The number of nitrogens with one attached hydrogen (secondary N) is 2. The Bertz CT molecular complexity index is 511. The first-order chi connectivity index (χ1) is 9.72. The van der Waals surface area contributed by atoms with E-state index in [0.717, 1.165) is 44.1 Å². The molecule has 0 aliphatic rings. The van der Waals surface area contributed by atoms with Crippen molar-refractivity contribution in [2.45, 2.75) is 33.9 Å². The maximum Gasteiger partial charge on any atom is 0.0729 e. The highest BCUT2D eigenvalue weighted by Crippen LogP contribution is 2.09. The summed E-state index contributed by atoms with van der Waals surface area (Å²) < 4.78 is 1.99. The zero-order valence-corrected chi connectivity index (χ0v) is 12.6. The lowest BCUT2D eigenvalue weighted by molar-refractivity contribution is 0.285. The van der Waals surface area contributed by atoms with Gasteiger partial charge in [0, 0.05) is 30.5 Å². The topological polar surface area (TPSA) is 61.8 Å². The SMILES string of the molecule is CCN(CC)CCn1cc(NCc2cn[nH]c2C)cn1. The fourth-order valence-corrected chi connectivity index (χ4v) is 2.11. The van der Waals surface area contributed by atoms with E-state index in [2.05, 4.69) is 45.6 Å². The van der Waals surface area contributed by atoms with Crippen LogP contribution >= 0.6 is 0 Å². The molecule has 2 aromatic rings. The smallest absolute Gasteiger partial charge is 0.0729 e. The van der Waals surface area contributed by atoms with E-state index >= 15 is 0 Å². The van der Waals surface area contributed by atoms with Gasteiger partial charge in [-0.1, -0.05) is 13.8 Å². The lowest BCUT2D eigenvalue weighted by Gasteiger charge is -2.17. The van der Waals surface area contributed by atoms with Crippen molar-refractivity contribution in [2.75, 3.05) is 25.0 Å². The number of nitrogens with zero attached hydrogens (tertiary/aromatic N) is 4. The van der Waals surface area contributed by atoms with Gasteiger partial charge in [0.25, 0.3) is 0 Å². The maximum absolute atomic E-state index is 4.38. The van der Waals surface area contributed by atoms with Crippen LogP contribution in [0.4, 0.5) is 5.69 Å². The Hall–Kier alpha value is -1.82. The third-order valence-electron chi connectivity index (χ3n) is 3.59. The monoisotopic (exact) mass is 276 g/mol. The third kappa shape index (κ3) is 3.84. The van der Waals surface area contributed by atoms with Crippen LogP contribution in [0.2, 0.25) is 0 Å². The summed E-state index contributed by atoms with van der Waals surface area (Å²) in [5.41, 5.74) is 3.33. The molecule has 0 spiro atoms. The molecule has 0 fully saturated rings. The molecule has 0 saturated heterocycles. The zero-order valence-electron chi connectivity index (χ0n) is 12.6. The predicted octanol–water partition coefficient (Wildman–Crippen LogP) is 1.87. The Balaban J connectivity index is 1.81. The van der Waals surface area contributed by atoms with Gasteiger partial charge in [-0.2, -0.15) is 10.2 Å². The van der Waals surface area contributed by atoms with Crippen molar-refractivity contribution in [1.29, 1.82) is 0 Å². The Morgan fingerprint density at radius 3 is 2.75 bits per heavy atom. The number of hydrogen-bond acceptors (Lipinski definition) is 4. The molecule has 2 N–H and O–H groups in total. The maximum atomic E-state index is 4.38. The van der Waals surface area contributed by atoms with Crippen molar-refractivity contribution in [3.05, 3.63) is 29.8 Å². The summed E-state index contributed by atoms with van der Waals surface area (Å²) in [6.07, 6.45) is 5.78. The van der Waals surface area contributed by atoms with Crippen molar-refractivity contribution in [3.63, 3.8) is 0 Å². The molecular formula is C14H24N6. The zero-order chi connectivity index (χ0) is 14.4. The van der Waals surface area contributed by atoms with Gasteiger partial charge < -0.3 is 10.2 Å². The van der Waals surface area contributed by atoms with E-state index in [0.29, 0.717) is 0 Å². The second kappa shape index (κ2) is 7.09. The van der Waals surface area contributed by atoms with Gasteiger partial charge in [-0.15, -0.1) is 0 Å². The van der Waals surface area contributed by atoms with Crippen LogP contribution in [-0.2, 0) is 13.1 Å². The second-order valence-corrected chi connectivity index (χ2v) is 4.89. The number of rotatable bonds is 8. The van der Waals surface area contributed by atoms with Crippen LogP contribution < -0.4 is 5.32 Å². The van der Waals surface area contributed by atoms with Gasteiger partial charge in [0.15, 0.2) is 0 Å². The van der Waals surface area contributed by atoms with E-state index in [-0.39, 0.29) is 0 Å². The Morgan fingerprint density at radius 2 is 2.10 bits per heavy atom. The number of anilines is 1. The summed E-state index contributed by atoms with van der Waals surface area (Å²) in [5.74, 6) is 0. The minimum Gasteiger partial charge on any atom is -0.378 e. The number of aryl methyl sites for hydroxylation is 1. The summed E-state index contributed by atoms with van der Waals surface area (Å²) in [4.78, 5) is 2.39. The Kier molecular flexibility index (Phi) is 5.17. The van der Waals surface area contributed by atoms with E-state index in [1.165, 1.54) is 5.56 Å². The fraction of sp³-hybridized carbons (Fsp3) is 0.571. The molecule has 20 heavy (non-hydrogen) atoms. The van der Waals surface area contributed by atoms with Gasteiger partial charge in [0.2, 0.25) is 0 Å². The molecule has 2 rings (SSSR count). The van der Waals surface area contributed by atoms with Crippen LogP contribution in [0.25, 0.3) is 0 Å². The fourth-order valence-electron chi connectivity index (χ4n) is 2.11. The highest BCUT2D eigenvalue weighted by atomic mass is 15.3. The van der Waals surface area contributed by atoms with Gasteiger partial charge in [-0.05, 0) is 20.0 Å². The molecule has 0 bridgehead atoms. The van der Waals surface area contributed by atoms with Gasteiger partial charge in [-0.25, -0.2) is 0 Å². The van der Waals surface area contributed by atoms with Crippen LogP contribution in [0, 0.1) is 6.92 Å². The minimum atomic E-state index is 0.768. The van der Waals surface area contributed by atoms with E-state index in [1.54, 1.807) is 0 Å². The summed E-state index contributed by atoms with van der Waals surface area (Å²) >= 11 is 0. The summed E-state index contributed by atoms with van der Waals surface area (Å²) in [6, 6.07) is 0. The second-order valence-electron chi connectivity index (χ2n) is 4.89. The van der Waals surface area contributed by atoms with Crippen molar-refractivity contribution < 1.29 is 0 Å². The van der Waals surface area contributed by atoms with Gasteiger partial charge in [0.05, 0.1) is 24.6 Å². The summed E-state index contributed by atoms with van der Waals surface area (Å²) in [7, 11) is 0. The molecule has 0 aromatic carbocycles. The average Bonchev–Trinajstić information content (AvgIpc) is 3.07. The van der Waals surface area contributed by atoms with Crippen molar-refractivity contribution in [2.24, 2.45) is 0 Å². The van der Waals surface area contributed by atoms with Gasteiger partial charge in [0.1, 0.15) is 0 Å². The molecule has 0 atom stereocenters. The molecule has 0 radical (unpaired) electrons. The van der Waals surface area contributed by atoms with Crippen molar-refractivity contribution in [3.8, 4) is 0 Å². The first-order valence-corrected chi connectivity index (χ1v) is 7.20. The van der Waals surface area contributed by atoms with Gasteiger partial charge in [-0.3, -0.25) is 9.78 Å². The standard InChI is InChI=1S/C14H24N6/c1-4-19(5-2)6-7-20-11-14(10-17-20)15-8-13-9-16-18-12(13)3/h9-11,15H,4-8H2,1-3H3,(H,16,18). The minimum absolute atomic E-state index is 0.768. The number of aromatic nitrogens is 4. The van der Waals surface area contributed by atoms with Crippen LogP contribution in [-0.4, -0.2) is 44.5 Å². The van der Waals surface area contributed by atoms with E-state index < -0.39 is 0 Å². The number of H-pyrrole nitrogens is 1. The van der Waals surface area contributed by atoms with E-state index in [4.69, 9.17) is 0 Å². The first kappa shape index (κ1) is 14.6. The summed E-state index contributed by atoms with van der Waals surface area (Å²) in [5, 5.41) is 14.7. The first-order valence-electron chi connectivity index (χ1n) is 7.20. The number of aromatic amines is 1. The molecule has 110 valence electrons. The Labute approximate surface area is 120 Å². The van der Waals surface area contributed by atoms with E-state index in [1.807, 2.05) is 24.0 Å². The van der Waals surface area contributed by atoms with Crippen LogP contribution in [0.1, 0.15) is 25.1 Å². The molecule has 6 heteroatoms.